The van der Waals surface area contributed by atoms with Gasteiger partial charge < -0.3 is 4.74 Å². The maximum Gasteiger partial charge on any atom is 0.220 e. The molecule has 0 radical (unpaired) electrons. The number of H-pyrrole nitrogens is 1. The summed E-state index contributed by atoms with van der Waals surface area (Å²) in [6.45, 7) is 0.00880. The van der Waals surface area contributed by atoms with Gasteiger partial charge in [0.05, 0.1) is 0 Å². The Morgan fingerprint density at radius 1 is 1.27 bits per heavy atom. The molecule has 1 heterocycles. The van der Waals surface area contributed by atoms with Crippen LogP contribution in [-0.2, 0) is 0 Å². The molecule has 0 fully saturated rings. The third-order valence-corrected chi connectivity index (χ3v) is 1.90. The molecule has 0 saturated heterocycles. The fourth-order valence-corrected chi connectivity index (χ4v) is 1.16. The molecule has 0 unspecified atom stereocenters. The molecule has 0 aliphatic rings. The first kappa shape index (κ1) is 9.45. The summed E-state index contributed by atoms with van der Waals surface area (Å²) in [6, 6.07) is 10.8. The molecular formula is C11H10N2O2. The van der Waals surface area contributed by atoms with Crippen molar-refractivity contribution in [2.45, 2.75) is 0 Å². The number of aromatic amines is 1. The SMILES string of the molecule is O=C(COc1ccccc1)c1cc[nH]n1. The molecule has 0 bridgehead atoms. The van der Waals surface area contributed by atoms with Gasteiger partial charge in [-0.2, -0.15) is 5.10 Å². The van der Waals surface area contributed by atoms with Gasteiger partial charge in [0, 0.05) is 6.20 Å². The topological polar surface area (TPSA) is 55.0 Å². The number of nitrogens with zero attached hydrogens (tertiary/aromatic N) is 1. The number of Topliss-reactive ketones (excluding diaryl/α,β-unsaturated/α-hetero) is 1. The van der Waals surface area contributed by atoms with Gasteiger partial charge in [0.1, 0.15) is 11.4 Å². The monoisotopic (exact) mass is 202 g/mol. The van der Waals surface area contributed by atoms with Crippen LogP contribution in [0, 0.1) is 0 Å². The van der Waals surface area contributed by atoms with Gasteiger partial charge in [0.2, 0.25) is 5.78 Å². The summed E-state index contributed by atoms with van der Waals surface area (Å²) in [5.41, 5.74) is 0.394. The molecule has 15 heavy (non-hydrogen) atoms. The van der Waals surface area contributed by atoms with E-state index >= 15 is 0 Å². The number of rotatable bonds is 4. The minimum atomic E-state index is -0.139. The van der Waals surface area contributed by atoms with Crippen LogP contribution in [0.3, 0.4) is 0 Å². The molecule has 4 nitrogen and oxygen atoms in total. The van der Waals surface area contributed by atoms with Crippen molar-refractivity contribution in [2.75, 3.05) is 6.61 Å². The molecular weight excluding hydrogens is 192 g/mol. The Kier molecular flexibility index (Phi) is 2.78. The highest BCUT2D eigenvalue weighted by Gasteiger charge is 2.08. The van der Waals surface area contributed by atoms with Gasteiger partial charge in [-0.3, -0.25) is 9.89 Å². The molecule has 0 aliphatic heterocycles. The summed E-state index contributed by atoms with van der Waals surface area (Å²) in [5.74, 6) is 0.543. The third-order valence-electron chi connectivity index (χ3n) is 1.90. The van der Waals surface area contributed by atoms with Crippen LogP contribution in [0.15, 0.2) is 42.6 Å². The number of carbonyl (C=O) groups excluding carboxylic acids is 1. The third kappa shape index (κ3) is 2.43. The lowest BCUT2D eigenvalue weighted by Crippen LogP contribution is -2.11. The lowest BCUT2D eigenvalue weighted by Gasteiger charge is -2.02. The van der Waals surface area contributed by atoms with Gasteiger partial charge in [-0.25, -0.2) is 0 Å². The molecule has 0 amide bonds. The Balaban J connectivity index is 1.92. The van der Waals surface area contributed by atoms with E-state index in [-0.39, 0.29) is 12.4 Å². The van der Waals surface area contributed by atoms with Crippen molar-refractivity contribution < 1.29 is 9.53 Å². The predicted molar refractivity (Wildman–Crippen MR) is 54.9 cm³/mol. The molecule has 1 aromatic carbocycles. The van der Waals surface area contributed by atoms with Crippen molar-refractivity contribution in [1.82, 2.24) is 10.2 Å². The van der Waals surface area contributed by atoms with Crippen LogP contribution in [0.5, 0.6) is 5.75 Å². The largest absolute Gasteiger partial charge is 0.485 e. The number of ketones is 1. The summed E-state index contributed by atoms with van der Waals surface area (Å²) < 4.78 is 5.29. The number of aromatic nitrogens is 2. The van der Waals surface area contributed by atoms with Gasteiger partial charge in [-0.05, 0) is 18.2 Å². The standard InChI is InChI=1S/C11H10N2O2/c14-11(10-6-7-12-13-10)8-15-9-4-2-1-3-5-9/h1-7H,8H2,(H,12,13). The highest BCUT2D eigenvalue weighted by atomic mass is 16.5. The maximum absolute atomic E-state index is 11.5. The number of nitrogens with one attached hydrogen (secondary N) is 1. The summed E-state index contributed by atoms with van der Waals surface area (Å²) in [5, 5.41) is 6.36. The minimum absolute atomic E-state index is 0.00880. The Hall–Kier alpha value is -2.10. The zero-order valence-electron chi connectivity index (χ0n) is 8.01. The average molecular weight is 202 g/mol. The van der Waals surface area contributed by atoms with Crippen molar-refractivity contribution in [2.24, 2.45) is 0 Å². The van der Waals surface area contributed by atoms with E-state index in [0.717, 1.165) is 0 Å². The lowest BCUT2D eigenvalue weighted by molar-refractivity contribution is 0.0916. The highest BCUT2D eigenvalue weighted by molar-refractivity contribution is 5.95. The van der Waals surface area contributed by atoms with Gasteiger partial charge in [-0.15, -0.1) is 0 Å². The number of hydrogen-bond donors (Lipinski definition) is 1. The molecule has 0 saturated carbocycles. The molecule has 0 spiro atoms. The van der Waals surface area contributed by atoms with E-state index < -0.39 is 0 Å². The Bertz CT molecular complexity index is 423. The van der Waals surface area contributed by atoms with E-state index in [4.69, 9.17) is 4.74 Å². The van der Waals surface area contributed by atoms with Gasteiger partial charge >= 0.3 is 0 Å². The number of hydrogen-bond acceptors (Lipinski definition) is 3. The summed E-state index contributed by atoms with van der Waals surface area (Å²) >= 11 is 0. The van der Waals surface area contributed by atoms with Gasteiger partial charge in [0.25, 0.3) is 0 Å². The first-order valence-electron chi connectivity index (χ1n) is 4.57. The van der Waals surface area contributed by atoms with E-state index in [2.05, 4.69) is 10.2 Å². The first-order valence-corrected chi connectivity index (χ1v) is 4.57. The number of benzene rings is 1. The summed E-state index contributed by atoms with van der Waals surface area (Å²) in [6.07, 6.45) is 1.61. The molecule has 1 N–H and O–H groups in total. The van der Waals surface area contributed by atoms with Crippen molar-refractivity contribution in [1.29, 1.82) is 0 Å². The maximum atomic E-state index is 11.5. The molecule has 76 valence electrons. The van der Waals surface area contributed by atoms with Crippen LogP contribution in [0.25, 0.3) is 0 Å². The Morgan fingerprint density at radius 3 is 2.73 bits per heavy atom. The summed E-state index contributed by atoms with van der Waals surface area (Å²) in [7, 11) is 0. The van der Waals surface area contributed by atoms with Crippen LogP contribution in [0.4, 0.5) is 0 Å². The zero-order chi connectivity index (χ0) is 10.5. The van der Waals surface area contributed by atoms with Crippen LogP contribution < -0.4 is 4.74 Å². The van der Waals surface area contributed by atoms with Gasteiger partial charge in [-0.1, -0.05) is 18.2 Å². The van der Waals surface area contributed by atoms with E-state index in [1.165, 1.54) is 0 Å². The van der Waals surface area contributed by atoms with Crippen molar-refractivity contribution in [3.63, 3.8) is 0 Å². The van der Waals surface area contributed by atoms with Crippen molar-refractivity contribution in [3.05, 3.63) is 48.3 Å². The molecule has 2 rings (SSSR count). The van der Waals surface area contributed by atoms with Gasteiger partial charge in [0.15, 0.2) is 6.61 Å². The Labute approximate surface area is 86.9 Å². The molecule has 0 atom stereocenters. The fourth-order valence-electron chi connectivity index (χ4n) is 1.16. The van der Waals surface area contributed by atoms with Crippen molar-refractivity contribution >= 4 is 5.78 Å². The normalized spacial score (nSPS) is 9.87. The number of ether oxygens (including phenoxy) is 1. The highest BCUT2D eigenvalue weighted by Crippen LogP contribution is 2.08. The van der Waals surface area contributed by atoms with Crippen LogP contribution in [0.2, 0.25) is 0 Å². The lowest BCUT2D eigenvalue weighted by atomic mass is 10.3. The van der Waals surface area contributed by atoms with E-state index in [1.54, 1.807) is 24.4 Å². The smallest absolute Gasteiger partial charge is 0.220 e. The van der Waals surface area contributed by atoms with Crippen LogP contribution in [-0.4, -0.2) is 22.6 Å². The molecule has 4 heteroatoms. The second-order valence-electron chi connectivity index (χ2n) is 2.98. The second kappa shape index (κ2) is 4.41. The average Bonchev–Trinajstić information content (AvgIpc) is 2.81. The minimum Gasteiger partial charge on any atom is -0.485 e. The summed E-state index contributed by atoms with van der Waals surface area (Å²) in [4.78, 5) is 11.5. The quantitative estimate of drug-likeness (QED) is 0.767. The number of para-hydroxylation sites is 1. The molecule has 1 aromatic heterocycles. The van der Waals surface area contributed by atoms with E-state index in [9.17, 15) is 4.79 Å². The van der Waals surface area contributed by atoms with Crippen LogP contribution in [0.1, 0.15) is 10.5 Å². The van der Waals surface area contributed by atoms with Crippen LogP contribution >= 0.6 is 0 Å². The zero-order valence-corrected chi connectivity index (χ0v) is 8.01. The van der Waals surface area contributed by atoms with E-state index in [0.29, 0.717) is 11.4 Å². The second-order valence-corrected chi connectivity index (χ2v) is 2.98. The van der Waals surface area contributed by atoms with Crippen molar-refractivity contribution in [3.8, 4) is 5.75 Å². The Morgan fingerprint density at radius 2 is 2.07 bits per heavy atom. The molecule has 2 aromatic rings. The predicted octanol–water partition coefficient (Wildman–Crippen LogP) is 1.67. The van der Waals surface area contributed by atoms with E-state index in [1.807, 2.05) is 18.2 Å². The number of carbonyl (C=O) groups is 1. The first-order chi connectivity index (χ1) is 7.36. The molecule has 0 aliphatic carbocycles. The fraction of sp³-hybridized carbons (Fsp3) is 0.0909.